The molecule has 2 aromatic carbocycles. The van der Waals surface area contributed by atoms with E-state index in [-0.39, 0.29) is 35.3 Å². The van der Waals surface area contributed by atoms with Gasteiger partial charge in [-0.15, -0.1) is 0 Å². The van der Waals surface area contributed by atoms with Crippen LogP contribution in [0.5, 0.6) is 5.75 Å². The van der Waals surface area contributed by atoms with Crippen LogP contribution in [0.3, 0.4) is 0 Å². The average Bonchev–Trinajstić information content (AvgIpc) is 2.69. The van der Waals surface area contributed by atoms with Crippen molar-refractivity contribution in [2.24, 2.45) is 0 Å². The summed E-state index contributed by atoms with van der Waals surface area (Å²) in [4.78, 5) is 15.4. The van der Waals surface area contributed by atoms with Crippen molar-refractivity contribution in [3.63, 3.8) is 0 Å². The van der Waals surface area contributed by atoms with E-state index in [9.17, 15) is 9.90 Å². The number of allylic oxidation sites excluding steroid dienone is 1. The minimum Gasteiger partial charge on any atom is -0.543 e. The van der Waals surface area contributed by atoms with Crippen molar-refractivity contribution in [1.82, 2.24) is 4.98 Å². The molecule has 0 aliphatic heterocycles. The van der Waals surface area contributed by atoms with Crippen LogP contribution < -0.4 is 39.4 Å². The van der Waals surface area contributed by atoms with Crippen molar-refractivity contribution in [2.45, 2.75) is 6.92 Å². The molecule has 1 aromatic heterocycles. The minimum atomic E-state index is -1.31. The molecule has 0 unspecified atom stereocenters. The second-order valence-corrected chi connectivity index (χ2v) is 6.20. The zero-order valence-corrected chi connectivity index (χ0v) is 18.4. The summed E-state index contributed by atoms with van der Waals surface area (Å²) in [5, 5.41) is 11.7. The van der Waals surface area contributed by atoms with E-state index in [1.54, 1.807) is 18.2 Å². The maximum Gasteiger partial charge on any atom is 1.00 e. The molecule has 3 rings (SSSR count). The van der Waals surface area contributed by atoms with Gasteiger partial charge in [0.25, 0.3) is 0 Å². The van der Waals surface area contributed by atoms with Crippen LogP contribution in [0.4, 0.5) is 0 Å². The van der Waals surface area contributed by atoms with Crippen molar-refractivity contribution in [1.29, 1.82) is 0 Å². The molecule has 0 fully saturated rings. The molecule has 0 amide bonds. The van der Waals surface area contributed by atoms with E-state index in [4.69, 9.17) is 16.3 Å². The minimum absolute atomic E-state index is 0. The van der Waals surface area contributed by atoms with E-state index in [0.717, 1.165) is 16.7 Å². The Labute approximate surface area is 191 Å². The van der Waals surface area contributed by atoms with Gasteiger partial charge in [-0.1, -0.05) is 54.1 Å². The number of carboxylic acid groups (broad SMARTS) is 1. The zero-order chi connectivity index (χ0) is 19.2. The van der Waals surface area contributed by atoms with Gasteiger partial charge in [-0.3, -0.25) is 0 Å². The third-order valence-corrected chi connectivity index (χ3v) is 4.20. The smallest absolute Gasteiger partial charge is 0.543 e. The SMILES string of the molecule is C/C=C\COc1ccc(Cl)cc1-c1ccccc1-c1cccc(C(=O)[O-])n1.[Na+]. The Morgan fingerprint density at radius 3 is 2.54 bits per heavy atom. The number of carbonyl (C=O) groups is 1. The Morgan fingerprint density at radius 1 is 1.07 bits per heavy atom. The second-order valence-electron chi connectivity index (χ2n) is 5.76. The summed E-state index contributed by atoms with van der Waals surface area (Å²) in [7, 11) is 0. The number of pyridine rings is 1. The van der Waals surface area contributed by atoms with Gasteiger partial charge >= 0.3 is 29.6 Å². The topological polar surface area (TPSA) is 62.2 Å². The van der Waals surface area contributed by atoms with Gasteiger partial charge in [0.15, 0.2) is 0 Å². The van der Waals surface area contributed by atoms with Gasteiger partial charge in [-0.2, -0.15) is 0 Å². The molecule has 0 saturated heterocycles. The van der Waals surface area contributed by atoms with Crippen molar-refractivity contribution < 1.29 is 44.2 Å². The fourth-order valence-electron chi connectivity index (χ4n) is 2.71. The largest absolute Gasteiger partial charge is 1.00 e. The fraction of sp³-hybridized carbons (Fsp3) is 0.0909. The van der Waals surface area contributed by atoms with Crippen LogP contribution in [0.2, 0.25) is 5.02 Å². The van der Waals surface area contributed by atoms with Gasteiger partial charge < -0.3 is 14.6 Å². The summed E-state index contributed by atoms with van der Waals surface area (Å²) in [6, 6.07) is 17.8. The number of ether oxygens (including phenoxy) is 1. The molecule has 0 bridgehead atoms. The van der Waals surface area contributed by atoms with Crippen LogP contribution in [0.15, 0.2) is 72.8 Å². The van der Waals surface area contributed by atoms with Gasteiger partial charge in [-0.05, 0) is 42.8 Å². The van der Waals surface area contributed by atoms with Crippen LogP contribution in [0.1, 0.15) is 17.4 Å². The summed E-state index contributed by atoms with van der Waals surface area (Å²) in [5.74, 6) is -0.631. The number of hydrogen-bond donors (Lipinski definition) is 0. The second kappa shape index (κ2) is 10.4. The quantitative estimate of drug-likeness (QED) is 0.462. The van der Waals surface area contributed by atoms with Gasteiger partial charge in [-0.25, -0.2) is 4.98 Å². The molecule has 0 radical (unpaired) electrons. The number of carbonyl (C=O) groups excluding carboxylic acids is 1. The number of benzene rings is 2. The maximum absolute atomic E-state index is 11.2. The number of rotatable bonds is 6. The van der Waals surface area contributed by atoms with E-state index in [1.807, 2.05) is 55.5 Å². The van der Waals surface area contributed by atoms with Crippen LogP contribution in [-0.2, 0) is 0 Å². The van der Waals surface area contributed by atoms with Crippen molar-refractivity contribution in [3.05, 3.63) is 83.5 Å². The van der Waals surface area contributed by atoms with Crippen LogP contribution in [0.25, 0.3) is 22.4 Å². The number of carboxylic acids is 1. The Bertz CT molecular complexity index is 1000. The number of aromatic carboxylic acids is 1. The molecule has 3 aromatic rings. The molecule has 1 heterocycles. The Balaban J connectivity index is 0.00000280. The summed E-state index contributed by atoms with van der Waals surface area (Å²) >= 11 is 6.22. The Morgan fingerprint density at radius 2 is 1.82 bits per heavy atom. The predicted octanol–water partition coefficient (Wildman–Crippen LogP) is 1.39. The first-order valence-electron chi connectivity index (χ1n) is 8.42. The molecule has 0 saturated carbocycles. The summed E-state index contributed by atoms with van der Waals surface area (Å²) in [6.45, 7) is 2.36. The average molecular weight is 402 g/mol. The first kappa shape index (κ1) is 22.2. The molecule has 28 heavy (non-hydrogen) atoms. The van der Waals surface area contributed by atoms with E-state index in [1.165, 1.54) is 6.07 Å². The Kier molecular flexibility index (Phi) is 8.27. The first-order chi connectivity index (χ1) is 13.1. The number of nitrogens with zero attached hydrogens (tertiary/aromatic N) is 1. The molecular weight excluding hydrogens is 385 g/mol. The maximum atomic E-state index is 11.2. The Hall–Kier alpha value is -2.11. The van der Waals surface area contributed by atoms with E-state index < -0.39 is 5.97 Å². The molecule has 0 aliphatic rings. The molecular formula is C22H17ClNNaO3. The number of halogens is 1. The van der Waals surface area contributed by atoms with Gasteiger partial charge in [0.1, 0.15) is 12.4 Å². The molecule has 0 atom stereocenters. The normalized spacial score (nSPS) is 10.5. The molecule has 6 heteroatoms. The van der Waals surface area contributed by atoms with Crippen molar-refractivity contribution in [2.75, 3.05) is 6.61 Å². The first-order valence-corrected chi connectivity index (χ1v) is 8.79. The zero-order valence-electron chi connectivity index (χ0n) is 15.7. The molecule has 0 N–H and O–H groups in total. The summed E-state index contributed by atoms with van der Waals surface area (Å²) < 4.78 is 5.87. The molecule has 0 aliphatic carbocycles. The summed E-state index contributed by atoms with van der Waals surface area (Å²) in [5.41, 5.74) is 2.85. The monoisotopic (exact) mass is 401 g/mol. The van der Waals surface area contributed by atoms with Crippen molar-refractivity contribution >= 4 is 17.6 Å². The van der Waals surface area contributed by atoms with Crippen LogP contribution >= 0.6 is 11.6 Å². The molecule has 136 valence electrons. The summed E-state index contributed by atoms with van der Waals surface area (Å²) in [6.07, 6.45) is 3.83. The van der Waals surface area contributed by atoms with Crippen LogP contribution in [0, 0.1) is 0 Å². The predicted molar refractivity (Wildman–Crippen MR) is 105 cm³/mol. The fourth-order valence-corrected chi connectivity index (χ4v) is 2.88. The van der Waals surface area contributed by atoms with Gasteiger partial charge in [0.2, 0.25) is 0 Å². The van der Waals surface area contributed by atoms with E-state index >= 15 is 0 Å². The van der Waals surface area contributed by atoms with Gasteiger partial charge in [0, 0.05) is 16.1 Å². The third-order valence-electron chi connectivity index (χ3n) is 3.96. The van der Waals surface area contributed by atoms with Crippen LogP contribution in [-0.4, -0.2) is 17.6 Å². The number of hydrogen-bond acceptors (Lipinski definition) is 4. The molecule has 0 spiro atoms. The standard InChI is InChI=1S/C22H18ClNO3.Na/c1-2-3-13-27-21-12-11-15(23)14-18(21)16-7-4-5-8-17(16)19-9-6-10-20(24-19)22(25)26;/h2-12,14H,13H2,1H3,(H,25,26);/q;+1/p-1/b3-2-;. The van der Waals surface area contributed by atoms with E-state index in [2.05, 4.69) is 4.98 Å². The van der Waals surface area contributed by atoms with E-state index in [0.29, 0.717) is 23.1 Å². The van der Waals surface area contributed by atoms with Crippen molar-refractivity contribution in [3.8, 4) is 28.1 Å². The van der Waals surface area contributed by atoms with Gasteiger partial charge in [0.05, 0.1) is 17.4 Å². The third kappa shape index (κ3) is 5.24. The molecule has 4 nitrogen and oxygen atoms in total. The number of aromatic nitrogens is 1.